The number of aromatic nitrogens is 1. The first-order valence-corrected chi connectivity index (χ1v) is 7.04. The molecule has 2 aromatic rings. The third-order valence-corrected chi connectivity index (χ3v) is 3.18. The van der Waals surface area contributed by atoms with Crippen LogP contribution in [0.3, 0.4) is 0 Å². The Morgan fingerprint density at radius 2 is 1.80 bits per heavy atom. The highest BCUT2D eigenvalue weighted by Gasteiger charge is 2.14. The number of ether oxygens (including phenoxy) is 1. The molecule has 2 N–H and O–H groups in total. The molecule has 0 radical (unpaired) electrons. The summed E-state index contributed by atoms with van der Waals surface area (Å²) in [4.78, 5) is 4.40. The van der Waals surface area contributed by atoms with E-state index >= 15 is 0 Å². The molecule has 0 saturated heterocycles. The van der Waals surface area contributed by atoms with Crippen molar-refractivity contribution in [2.24, 2.45) is 5.73 Å². The summed E-state index contributed by atoms with van der Waals surface area (Å²) in [6.45, 7) is 6.78. The molecule has 0 aliphatic carbocycles. The van der Waals surface area contributed by atoms with E-state index in [4.69, 9.17) is 10.5 Å². The molecule has 1 heterocycles. The maximum atomic E-state index is 6.42. The Morgan fingerprint density at radius 1 is 1.15 bits per heavy atom. The third-order valence-electron chi connectivity index (χ3n) is 3.18. The summed E-state index contributed by atoms with van der Waals surface area (Å²) in [6, 6.07) is 11.9. The van der Waals surface area contributed by atoms with E-state index in [1.54, 1.807) is 0 Å². The number of para-hydroxylation sites is 1. The number of nitrogens with two attached hydrogens (primary N) is 1. The molecule has 20 heavy (non-hydrogen) atoms. The first kappa shape index (κ1) is 14.5. The van der Waals surface area contributed by atoms with E-state index in [0.717, 1.165) is 34.7 Å². The molecule has 106 valence electrons. The standard InChI is InChI=1S/C17H22N2O/c1-4-9-20-16-8-6-5-7-15(16)17(18)14-10-12(2)19-13(3)11-14/h5-8,10-11,17H,4,9,18H2,1-3H3. The van der Waals surface area contributed by atoms with Gasteiger partial charge in [-0.1, -0.05) is 25.1 Å². The second-order valence-electron chi connectivity index (χ2n) is 5.05. The SMILES string of the molecule is CCCOc1ccccc1C(N)c1cc(C)nc(C)c1. The molecule has 1 unspecified atom stereocenters. The molecule has 0 amide bonds. The third kappa shape index (κ3) is 3.36. The van der Waals surface area contributed by atoms with E-state index in [2.05, 4.69) is 11.9 Å². The lowest BCUT2D eigenvalue weighted by Gasteiger charge is -2.18. The molecule has 0 spiro atoms. The maximum absolute atomic E-state index is 6.42. The molecule has 0 aliphatic rings. The summed E-state index contributed by atoms with van der Waals surface area (Å²) in [6.07, 6.45) is 0.983. The average Bonchev–Trinajstić information content (AvgIpc) is 2.43. The summed E-state index contributed by atoms with van der Waals surface area (Å²) >= 11 is 0. The monoisotopic (exact) mass is 270 g/mol. The van der Waals surface area contributed by atoms with Crippen LogP contribution in [-0.2, 0) is 0 Å². The van der Waals surface area contributed by atoms with Gasteiger partial charge in [0.1, 0.15) is 5.75 Å². The van der Waals surface area contributed by atoms with Crippen LogP contribution in [0.15, 0.2) is 36.4 Å². The fourth-order valence-electron chi connectivity index (χ4n) is 2.31. The number of aryl methyl sites for hydroxylation is 2. The average molecular weight is 270 g/mol. The van der Waals surface area contributed by atoms with Crippen LogP contribution in [0.25, 0.3) is 0 Å². The smallest absolute Gasteiger partial charge is 0.124 e. The van der Waals surface area contributed by atoms with Gasteiger partial charge in [-0.3, -0.25) is 4.98 Å². The molecule has 0 saturated carbocycles. The summed E-state index contributed by atoms with van der Waals surface area (Å²) in [7, 11) is 0. The van der Waals surface area contributed by atoms with Gasteiger partial charge >= 0.3 is 0 Å². The van der Waals surface area contributed by atoms with Crippen LogP contribution in [0.4, 0.5) is 0 Å². The first-order chi connectivity index (χ1) is 9.61. The zero-order valence-electron chi connectivity index (χ0n) is 12.4. The first-order valence-electron chi connectivity index (χ1n) is 7.04. The minimum absolute atomic E-state index is 0.191. The van der Waals surface area contributed by atoms with Crippen molar-refractivity contribution in [3.8, 4) is 5.75 Å². The van der Waals surface area contributed by atoms with Gasteiger partial charge in [-0.05, 0) is 44.0 Å². The van der Waals surface area contributed by atoms with Gasteiger partial charge in [0.05, 0.1) is 12.6 Å². The molecule has 0 aliphatic heterocycles. The number of benzene rings is 1. The predicted molar refractivity (Wildman–Crippen MR) is 82.0 cm³/mol. The topological polar surface area (TPSA) is 48.1 Å². The zero-order chi connectivity index (χ0) is 14.5. The normalized spacial score (nSPS) is 12.2. The Morgan fingerprint density at radius 3 is 2.45 bits per heavy atom. The molecule has 1 aromatic carbocycles. The lowest BCUT2D eigenvalue weighted by atomic mass is 9.98. The van der Waals surface area contributed by atoms with Gasteiger partial charge in [0, 0.05) is 17.0 Å². The van der Waals surface area contributed by atoms with Crippen molar-refractivity contribution in [1.82, 2.24) is 4.98 Å². The quantitative estimate of drug-likeness (QED) is 0.904. The predicted octanol–water partition coefficient (Wildman–Crippen LogP) is 3.54. The zero-order valence-corrected chi connectivity index (χ0v) is 12.4. The number of pyridine rings is 1. The number of rotatable bonds is 5. The Balaban J connectivity index is 2.34. The molecule has 1 aromatic heterocycles. The van der Waals surface area contributed by atoms with Crippen LogP contribution < -0.4 is 10.5 Å². The molecular weight excluding hydrogens is 248 g/mol. The highest BCUT2D eigenvalue weighted by molar-refractivity contribution is 5.41. The van der Waals surface area contributed by atoms with Gasteiger partial charge in [0.15, 0.2) is 0 Å². The van der Waals surface area contributed by atoms with E-state index in [-0.39, 0.29) is 6.04 Å². The van der Waals surface area contributed by atoms with Crippen LogP contribution in [0, 0.1) is 13.8 Å². The molecule has 1 atom stereocenters. The van der Waals surface area contributed by atoms with E-state index in [1.807, 2.05) is 50.2 Å². The second kappa shape index (κ2) is 6.53. The largest absolute Gasteiger partial charge is 0.493 e. The van der Waals surface area contributed by atoms with Crippen LogP contribution >= 0.6 is 0 Å². The molecule has 2 rings (SSSR count). The maximum Gasteiger partial charge on any atom is 0.124 e. The van der Waals surface area contributed by atoms with E-state index < -0.39 is 0 Å². The van der Waals surface area contributed by atoms with Gasteiger partial charge in [-0.25, -0.2) is 0 Å². The number of hydrogen-bond acceptors (Lipinski definition) is 3. The van der Waals surface area contributed by atoms with Gasteiger partial charge in [-0.15, -0.1) is 0 Å². The molecular formula is C17H22N2O. The minimum Gasteiger partial charge on any atom is -0.493 e. The van der Waals surface area contributed by atoms with Crippen molar-refractivity contribution < 1.29 is 4.74 Å². The molecule has 3 nitrogen and oxygen atoms in total. The van der Waals surface area contributed by atoms with Gasteiger partial charge in [0.25, 0.3) is 0 Å². The Kier molecular flexibility index (Phi) is 4.74. The second-order valence-corrected chi connectivity index (χ2v) is 5.05. The molecule has 0 bridgehead atoms. The number of nitrogens with zero attached hydrogens (tertiary/aromatic N) is 1. The summed E-state index contributed by atoms with van der Waals surface area (Å²) in [5, 5.41) is 0. The fourth-order valence-corrected chi connectivity index (χ4v) is 2.31. The van der Waals surface area contributed by atoms with Crippen molar-refractivity contribution in [1.29, 1.82) is 0 Å². The van der Waals surface area contributed by atoms with Crippen molar-refractivity contribution in [3.63, 3.8) is 0 Å². The van der Waals surface area contributed by atoms with Crippen LogP contribution in [0.1, 0.15) is 41.9 Å². The van der Waals surface area contributed by atoms with Crippen LogP contribution in [-0.4, -0.2) is 11.6 Å². The lowest BCUT2D eigenvalue weighted by Crippen LogP contribution is -2.14. The van der Waals surface area contributed by atoms with Crippen LogP contribution in [0.5, 0.6) is 5.75 Å². The van der Waals surface area contributed by atoms with Gasteiger partial charge in [0.2, 0.25) is 0 Å². The van der Waals surface area contributed by atoms with Crippen molar-refractivity contribution in [3.05, 3.63) is 58.9 Å². The summed E-state index contributed by atoms with van der Waals surface area (Å²) in [5.41, 5.74) is 10.5. The van der Waals surface area contributed by atoms with Crippen molar-refractivity contribution in [2.75, 3.05) is 6.61 Å². The van der Waals surface area contributed by atoms with Gasteiger partial charge < -0.3 is 10.5 Å². The summed E-state index contributed by atoms with van der Waals surface area (Å²) < 4.78 is 5.79. The molecule has 0 fully saturated rings. The van der Waals surface area contributed by atoms with Crippen LogP contribution in [0.2, 0.25) is 0 Å². The minimum atomic E-state index is -0.191. The number of hydrogen-bond donors (Lipinski definition) is 1. The van der Waals surface area contributed by atoms with Crippen molar-refractivity contribution in [2.45, 2.75) is 33.2 Å². The Hall–Kier alpha value is -1.87. The Labute approximate surface area is 120 Å². The highest BCUT2D eigenvalue weighted by atomic mass is 16.5. The van der Waals surface area contributed by atoms with Crippen molar-refractivity contribution >= 4 is 0 Å². The highest BCUT2D eigenvalue weighted by Crippen LogP contribution is 2.28. The Bertz CT molecular complexity index is 561. The lowest BCUT2D eigenvalue weighted by molar-refractivity contribution is 0.313. The van der Waals surface area contributed by atoms with E-state index in [9.17, 15) is 0 Å². The van der Waals surface area contributed by atoms with E-state index in [0.29, 0.717) is 6.61 Å². The van der Waals surface area contributed by atoms with E-state index in [1.165, 1.54) is 0 Å². The summed E-state index contributed by atoms with van der Waals surface area (Å²) in [5.74, 6) is 0.869. The molecule has 3 heteroatoms. The fraction of sp³-hybridized carbons (Fsp3) is 0.353. The van der Waals surface area contributed by atoms with Gasteiger partial charge in [-0.2, -0.15) is 0 Å².